The molecule has 0 heterocycles. The molecule has 148 valence electrons. The Labute approximate surface area is 165 Å². The molecular weight excluding hydrogens is 332 g/mol. The van der Waals surface area contributed by atoms with Crippen molar-refractivity contribution in [2.24, 2.45) is 0 Å². The van der Waals surface area contributed by atoms with Gasteiger partial charge in [-0.3, -0.25) is 0 Å². The largest absolute Gasteiger partial charge is 0.508 e. The Hall–Kier alpha value is -1.96. The first-order valence-corrected chi connectivity index (χ1v) is 10.4. The molecular formula is C25H36O2. The number of hydrogen-bond donors (Lipinski definition) is 2. The molecule has 0 amide bonds. The minimum atomic E-state index is 0.0229. The molecule has 2 aromatic rings. The van der Waals surface area contributed by atoms with Crippen LogP contribution in [-0.4, -0.2) is 10.2 Å². The third-order valence-corrected chi connectivity index (χ3v) is 5.88. The molecule has 2 heteroatoms. The Morgan fingerprint density at radius 1 is 0.630 bits per heavy atom. The summed E-state index contributed by atoms with van der Waals surface area (Å²) in [4.78, 5) is 0. The fraction of sp³-hybridized carbons (Fsp3) is 0.520. The van der Waals surface area contributed by atoms with E-state index in [1.165, 1.54) is 43.2 Å². The highest BCUT2D eigenvalue weighted by Gasteiger charge is 2.22. The van der Waals surface area contributed by atoms with Gasteiger partial charge in [-0.25, -0.2) is 0 Å². The van der Waals surface area contributed by atoms with Crippen molar-refractivity contribution >= 4 is 0 Å². The van der Waals surface area contributed by atoms with E-state index in [-0.39, 0.29) is 5.92 Å². The number of aryl methyl sites for hydroxylation is 4. The van der Waals surface area contributed by atoms with Crippen molar-refractivity contribution in [3.63, 3.8) is 0 Å². The van der Waals surface area contributed by atoms with E-state index in [0.717, 1.165) is 35.1 Å². The molecule has 0 atom stereocenters. The number of benzene rings is 2. The lowest BCUT2D eigenvalue weighted by molar-refractivity contribution is 0.446. The van der Waals surface area contributed by atoms with E-state index in [9.17, 15) is 10.2 Å². The van der Waals surface area contributed by atoms with Crippen molar-refractivity contribution in [3.05, 3.63) is 57.6 Å². The van der Waals surface area contributed by atoms with Crippen LogP contribution < -0.4 is 0 Å². The van der Waals surface area contributed by atoms with Crippen LogP contribution >= 0.6 is 0 Å². The van der Waals surface area contributed by atoms with Crippen LogP contribution in [0, 0.1) is 27.7 Å². The van der Waals surface area contributed by atoms with Gasteiger partial charge in [0.05, 0.1) is 0 Å². The summed E-state index contributed by atoms with van der Waals surface area (Å²) in [6, 6.07) is 7.91. The summed E-state index contributed by atoms with van der Waals surface area (Å²) in [5.41, 5.74) is 6.42. The number of hydrogen-bond acceptors (Lipinski definition) is 2. The van der Waals surface area contributed by atoms with Crippen molar-refractivity contribution in [2.75, 3.05) is 0 Å². The number of aromatic hydroxyl groups is 2. The molecule has 0 aliphatic rings. The van der Waals surface area contributed by atoms with E-state index in [2.05, 4.69) is 32.9 Å². The predicted molar refractivity (Wildman–Crippen MR) is 115 cm³/mol. The van der Waals surface area contributed by atoms with Crippen LogP contribution in [-0.2, 0) is 0 Å². The molecule has 0 radical (unpaired) electrons. The molecule has 0 saturated heterocycles. The molecule has 0 aromatic heterocycles. The van der Waals surface area contributed by atoms with Crippen LogP contribution in [0.2, 0.25) is 0 Å². The van der Waals surface area contributed by atoms with Gasteiger partial charge in [0.2, 0.25) is 0 Å². The maximum Gasteiger partial charge on any atom is 0.119 e. The van der Waals surface area contributed by atoms with Crippen LogP contribution in [0.5, 0.6) is 11.5 Å². The molecule has 0 unspecified atom stereocenters. The lowest BCUT2D eigenvalue weighted by Crippen LogP contribution is -2.05. The highest BCUT2D eigenvalue weighted by atomic mass is 16.3. The van der Waals surface area contributed by atoms with Crippen molar-refractivity contribution in [1.29, 1.82) is 0 Å². The van der Waals surface area contributed by atoms with Crippen LogP contribution in [0.4, 0.5) is 0 Å². The van der Waals surface area contributed by atoms with E-state index >= 15 is 0 Å². The standard InChI is InChI=1S/C25H36O2/c1-6-7-8-9-10-11-12-21(22-13-17(2)19(4)15-24(22)26)23-14-18(3)20(5)16-25(23)27/h13-16,21,26-27H,6-12H2,1-5H3. The Morgan fingerprint density at radius 3 is 1.52 bits per heavy atom. The molecule has 0 aliphatic carbocycles. The zero-order chi connectivity index (χ0) is 20.0. The van der Waals surface area contributed by atoms with Crippen LogP contribution in [0.3, 0.4) is 0 Å². The number of rotatable bonds is 9. The summed E-state index contributed by atoms with van der Waals surface area (Å²) in [6.45, 7) is 10.5. The molecule has 0 fully saturated rings. The second kappa shape index (κ2) is 9.82. The van der Waals surface area contributed by atoms with E-state index in [0.29, 0.717) is 11.5 Å². The van der Waals surface area contributed by atoms with E-state index in [1.807, 2.05) is 26.0 Å². The molecule has 2 nitrogen and oxygen atoms in total. The molecule has 27 heavy (non-hydrogen) atoms. The molecule has 0 spiro atoms. The average Bonchev–Trinajstić information content (AvgIpc) is 2.62. The van der Waals surface area contributed by atoms with Gasteiger partial charge in [0.1, 0.15) is 11.5 Å². The average molecular weight is 369 g/mol. The maximum absolute atomic E-state index is 10.7. The fourth-order valence-corrected chi connectivity index (χ4v) is 3.81. The minimum absolute atomic E-state index is 0.0229. The van der Waals surface area contributed by atoms with Crippen molar-refractivity contribution in [3.8, 4) is 11.5 Å². The molecule has 2 aromatic carbocycles. The minimum Gasteiger partial charge on any atom is -0.508 e. The highest BCUT2D eigenvalue weighted by Crippen LogP contribution is 2.41. The SMILES string of the molecule is CCCCCCCCC(c1cc(C)c(C)cc1O)c1cc(C)c(C)cc1O. The zero-order valence-corrected chi connectivity index (χ0v) is 17.7. The van der Waals surface area contributed by atoms with Gasteiger partial charge in [0.25, 0.3) is 0 Å². The van der Waals surface area contributed by atoms with Crippen molar-refractivity contribution in [2.45, 2.75) is 85.5 Å². The van der Waals surface area contributed by atoms with Gasteiger partial charge in [-0.05, 0) is 68.5 Å². The molecule has 0 saturated carbocycles. The molecule has 2 N–H and O–H groups in total. The van der Waals surface area contributed by atoms with E-state index in [1.54, 1.807) is 0 Å². The van der Waals surface area contributed by atoms with Gasteiger partial charge >= 0.3 is 0 Å². The Bertz CT molecular complexity index is 704. The lowest BCUT2D eigenvalue weighted by Gasteiger charge is -2.22. The van der Waals surface area contributed by atoms with Gasteiger partial charge in [0, 0.05) is 17.0 Å². The van der Waals surface area contributed by atoms with Crippen molar-refractivity contribution < 1.29 is 10.2 Å². The van der Waals surface area contributed by atoms with Gasteiger partial charge in [-0.15, -0.1) is 0 Å². The topological polar surface area (TPSA) is 40.5 Å². The summed E-state index contributed by atoms with van der Waals surface area (Å²) in [7, 11) is 0. The predicted octanol–water partition coefficient (Wildman–Crippen LogP) is 7.21. The summed E-state index contributed by atoms with van der Waals surface area (Å²) in [5.74, 6) is 0.702. The first kappa shape index (κ1) is 21.3. The van der Waals surface area contributed by atoms with Gasteiger partial charge in [0.15, 0.2) is 0 Å². The summed E-state index contributed by atoms with van der Waals surface area (Å²) in [5, 5.41) is 21.3. The molecule has 0 bridgehead atoms. The zero-order valence-electron chi connectivity index (χ0n) is 17.7. The first-order valence-electron chi connectivity index (χ1n) is 10.4. The number of unbranched alkanes of at least 4 members (excludes halogenated alkanes) is 5. The van der Waals surface area contributed by atoms with Crippen molar-refractivity contribution in [1.82, 2.24) is 0 Å². The normalized spacial score (nSPS) is 11.3. The Balaban J connectivity index is 2.32. The Kier molecular flexibility index (Phi) is 7.77. The van der Waals surface area contributed by atoms with Crippen LogP contribution in [0.15, 0.2) is 24.3 Å². The highest BCUT2D eigenvalue weighted by molar-refractivity contribution is 5.51. The van der Waals surface area contributed by atoms with E-state index in [4.69, 9.17) is 0 Å². The van der Waals surface area contributed by atoms with E-state index < -0.39 is 0 Å². The Morgan fingerprint density at radius 2 is 1.04 bits per heavy atom. The molecule has 2 rings (SSSR count). The van der Waals surface area contributed by atoms with Gasteiger partial charge in [-0.2, -0.15) is 0 Å². The third kappa shape index (κ3) is 5.51. The van der Waals surface area contributed by atoms with Crippen LogP contribution in [0.1, 0.15) is 91.2 Å². The summed E-state index contributed by atoms with van der Waals surface area (Å²) >= 11 is 0. The first-order chi connectivity index (χ1) is 12.8. The van der Waals surface area contributed by atoms with Gasteiger partial charge < -0.3 is 10.2 Å². The monoisotopic (exact) mass is 368 g/mol. The van der Waals surface area contributed by atoms with Gasteiger partial charge in [-0.1, -0.05) is 57.6 Å². The smallest absolute Gasteiger partial charge is 0.119 e. The second-order valence-corrected chi connectivity index (χ2v) is 8.10. The molecule has 0 aliphatic heterocycles. The maximum atomic E-state index is 10.7. The second-order valence-electron chi connectivity index (χ2n) is 8.10. The quantitative estimate of drug-likeness (QED) is 0.459. The lowest BCUT2D eigenvalue weighted by atomic mass is 9.83. The number of phenolic OH excluding ortho intramolecular Hbond substituents is 2. The fourth-order valence-electron chi connectivity index (χ4n) is 3.81. The number of phenols is 2. The van der Waals surface area contributed by atoms with Crippen LogP contribution in [0.25, 0.3) is 0 Å². The third-order valence-electron chi connectivity index (χ3n) is 5.88. The summed E-state index contributed by atoms with van der Waals surface area (Å²) < 4.78 is 0. The summed E-state index contributed by atoms with van der Waals surface area (Å²) in [6.07, 6.45) is 8.37.